The van der Waals surface area contributed by atoms with Crippen LogP contribution in [0.2, 0.25) is 0 Å². The van der Waals surface area contributed by atoms with E-state index < -0.39 is 46.4 Å². The molecule has 0 saturated carbocycles. The van der Waals surface area contributed by atoms with E-state index in [1.807, 2.05) is 10.7 Å². The molecular weight excluding hydrogens is 359 g/mol. The van der Waals surface area contributed by atoms with Crippen molar-refractivity contribution < 1.29 is 26.7 Å². The molecule has 2 aromatic rings. The summed E-state index contributed by atoms with van der Waals surface area (Å²) in [7, 11) is 0. The summed E-state index contributed by atoms with van der Waals surface area (Å²) >= 11 is 0. The standard InChI is InChI=1S/C16H11F5N4O/c17-11-6-3-7-12(18)14(11)25-24-13(8-22)23-15(26)9-4-1-2-5-10(9)16(19,20)21/h1-8,22,25H,(H,23,24,26). The van der Waals surface area contributed by atoms with Crippen LogP contribution in [0, 0.1) is 17.0 Å². The van der Waals surface area contributed by atoms with Gasteiger partial charge in [-0.2, -0.15) is 18.3 Å². The lowest BCUT2D eigenvalue weighted by Gasteiger charge is -2.12. The zero-order valence-corrected chi connectivity index (χ0v) is 12.9. The third-order valence-electron chi connectivity index (χ3n) is 3.11. The summed E-state index contributed by atoms with van der Waals surface area (Å²) in [6.07, 6.45) is -4.26. The van der Waals surface area contributed by atoms with Crippen LogP contribution in [0.25, 0.3) is 0 Å². The number of hydrazone groups is 1. The number of para-hydroxylation sites is 1. The number of nitrogens with one attached hydrogen (secondary N) is 3. The van der Waals surface area contributed by atoms with Crippen molar-refractivity contribution in [3.8, 4) is 0 Å². The second-order valence-electron chi connectivity index (χ2n) is 4.85. The Hall–Kier alpha value is -3.30. The lowest BCUT2D eigenvalue weighted by Crippen LogP contribution is -2.33. The van der Waals surface area contributed by atoms with Gasteiger partial charge in [-0.1, -0.05) is 18.2 Å². The van der Waals surface area contributed by atoms with Crippen LogP contribution < -0.4 is 10.7 Å². The Balaban J connectivity index is 2.23. The van der Waals surface area contributed by atoms with E-state index in [-0.39, 0.29) is 0 Å². The van der Waals surface area contributed by atoms with Gasteiger partial charge in [0.25, 0.3) is 5.91 Å². The predicted octanol–water partition coefficient (Wildman–Crippen LogP) is 3.79. The minimum atomic E-state index is -4.76. The Bertz CT molecular complexity index is 844. The largest absolute Gasteiger partial charge is 0.417 e. The van der Waals surface area contributed by atoms with Gasteiger partial charge in [-0.25, -0.2) is 8.78 Å². The zero-order chi connectivity index (χ0) is 19.3. The molecule has 2 rings (SSSR count). The molecule has 0 aliphatic heterocycles. The summed E-state index contributed by atoms with van der Waals surface area (Å²) in [6, 6.07) is 7.04. The molecule has 0 unspecified atom stereocenters. The second kappa shape index (κ2) is 7.72. The molecule has 0 fully saturated rings. The van der Waals surface area contributed by atoms with Crippen molar-refractivity contribution in [2.45, 2.75) is 6.18 Å². The third-order valence-corrected chi connectivity index (χ3v) is 3.11. The first-order valence-corrected chi connectivity index (χ1v) is 6.99. The Labute approximate surface area is 144 Å². The van der Waals surface area contributed by atoms with Gasteiger partial charge in [0, 0.05) is 0 Å². The van der Waals surface area contributed by atoms with Gasteiger partial charge in [-0.3, -0.25) is 10.2 Å². The maximum atomic E-state index is 13.5. The Kier molecular flexibility index (Phi) is 5.65. The van der Waals surface area contributed by atoms with E-state index in [0.29, 0.717) is 6.21 Å². The highest BCUT2D eigenvalue weighted by molar-refractivity contribution is 6.33. The Morgan fingerprint density at radius 3 is 2.23 bits per heavy atom. The minimum Gasteiger partial charge on any atom is -0.305 e. The third kappa shape index (κ3) is 4.41. The first kappa shape index (κ1) is 19.0. The van der Waals surface area contributed by atoms with Crippen LogP contribution >= 0.6 is 0 Å². The number of halogens is 5. The molecule has 5 nitrogen and oxygen atoms in total. The lowest BCUT2D eigenvalue weighted by molar-refractivity contribution is -0.137. The maximum Gasteiger partial charge on any atom is 0.417 e. The van der Waals surface area contributed by atoms with Crippen molar-refractivity contribution in [2.24, 2.45) is 5.10 Å². The van der Waals surface area contributed by atoms with Crippen LogP contribution in [0.15, 0.2) is 47.6 Å². The van der Waals surface area contributed by atoms with E-state index in [0.717, 1.165) is 36.4 Å². The van der Waals surface area contributed by atoms with Crippen molar-refractivity contribution in [1.29, 1.82) is 5.41 Å². The highest BCUT2D eigenvalue weighted by atomic mass is 19.4. The van der Waals surface area contributed by atoms with E-state index in [1.54, 1.807) is 0 Å². The summed E-state index contributed by atoms with van der Waals surface area (Å²) in [4.78, 5) is 12.1. The van der Waals surface area contributed by atoms with Gasteiger partial charge in [-0.05, 0) is 24.3 Å². The number of alkyl halides is 3. The molecule has 136 valence electrons. The quantitative estimate of drug-likeness (QED) is 0.331. The molecule has 1 amide bonds. The molecule has 0 aliphatic carbocycles. The van der Waals surface area contributed by atoms with Gasteiger partial charge < -0.3 is 10.7 Å². The normalized spacial score (nSPS) is 11.8. The number of carbonyl (C=O) groups excluding carboxylic acids is 1. The van der Waals surface area contributed by atoms with Crippen molar-refractivity contribution in [3.05, 3.63) is 65.2 Å². The molecule has 0 saturated heterocycles. The predicted molar refractivity (Wildman–Crippen MR) is 85.1 cm³/mol. The SMILES string of the molecule is N=C/C(=N\Nc1c(F)cccc1F)NC(=O)c1ccccc1C(F)(F)F. The Morgan fingerprint density at radius 2 is 1.65 bits per heavy atom. The fourth-order valence-electron chi connectivity index (χ4n) is 1.93. The highest BCUT2D eigenvalue weighted by Crippen LogP contribution is 2.31. The van der Waals surface area contributed by atoms with Gasteiger partial charge in [0.15, 0.2) is 17.5 Å². The molecule has 0 atom stereocenters. The maximum absolute atomic E-state index is 13.5. The van der Waals surface area contributed by atoms with Crippen molar-refractivity contribution in [1.82, 2.24) is 5.32 Å². The molecule has 0 bridgehead atoms. The molecule has 3 N–H and O–H groups in total. The van der Waals surface area contributed by atoms with Crippen LogP contribution in [0.5, 0.6) is 0 Å². The van der Waals surface area contributed by atoms with Crippen molar-refractivity contribution >= 4 is 23.6 Å². The molecule has 0 aromatic heterocycles. The smallest absolute Gasteiger partial charge is 0.305 e. The van der Waals surface area contributed by atoms with E-state index in [4.69, 9.17) is 5.41 Å². The number of amides is 1. The van der Waals surface area contributed by atoms with Gasteiger partial charge in [0.1, 0.15) is 5.69 Å². The zero-order valence-electron chi connectivity index (χ0n) is 12.9. The number of benzene rings is 2. The number of hydrogen-bond donors (Lipinski definition) is 3. The molecule has 0 heterocycles. The van der Waals surface area contributed by atoms with Gasteiger partial charge in [-0.15, -0.1) is 0 Å². The number of amidine groups is 1. The summed E-state index contributed by atoms with van der Waals surface area (Å²) in [5, 5.41) is 12.5. The average Bonchev–Trinajstić information content (AvgIpc) is 2.59. The average molecular weight is 370 g/mol. The molecule has 10 heteroatoms. The summed E-state index contributed by atoms with van der Waals surface area (Å²) < 4.78 is 65.8. The fraction of sp³-hybridized carbons (Fsp3) is 0.0625. The molecule has 0 spiro atoms. The second-order valence-corrected chi connectivity index (χ2v) is 4.85. The van der Waals surface area contributed by atoms with Crippen molar-refractivity contribution in [3.63, 3.8) is 0 Å². The number of nitrogens with zero attached hydrogens (tertiary/aromatic N) is 1. The highest BCUT2D eigenvalue weighted by Gasteiger charge is 2.34. The number of anilines is 1. The fourth-order valence-corrected chi connectivity index (χ4v) is 1.93. The van der Waals surface area contributed by atoms with E-state index >= 15 is 0 Å². The topological polar surface area (TPSA) is 77.3 Å². The Morgan fingerprint density at radius 1 is 1.04 bits per heavy atom. The van der Waals surface area contributed by atoms with Crippen LogP contribution in [-0.4, -0.2) is 18.0 Å². The molecule has 26 heavy (non-hydrogen) atoms. The molecule has 2 aromatic carbocycles. The molecule has 0 radical (unpaired) electrons. The van der Waals surface area contributed by atoms with Crippen LogP contribution in [-0.2, 0) is 6.18 Å². The van der Waals surface area contributed by atoms with Crippen LogP contribution in [0.3, 0.4) is 0 Å². The monoisotopic (exact) mass is 370 g/mol. The van der Waals surface area contributed by atoms with E-state index in [9.17, 15) is 26.7 Å². The summed E-state index contributed by atoms with van der Waals surface area (Å²) in [6.45, 7) is 0. The summed E-state index contributed by atoms with van der Waals surface area (Å²) in [5.74, 6) is -3.69. The van der Waals surface area contributed by atoms with Gasteiger partial charge in [0.2, 0.25) is 0 Å². The minimum absolute atomic E-state index is 0.500. The number of hydrogen-bond acceptors (Lipinski definition) is 4. The number of rotatable bonds is 4. The van der Waals surface area contributed by atoms with E-state index in [1.165, 1.54) is 6.07 Å². The first-order valence-electron chi connectivity index (χ1n) is 6.99. The van der Waals surface area contributed by atoms with Gasteiger partial charge in [0.05, 0.1) is 17.3 Å². The van der Waals surface area contributed by atoms with Crippen molar-refractivity contribution in [2.75, 3.05) is 5.43 Å². The van der Waals surface area contributed by atoms with Crippen LogP contribution in [0.1, 0.15) is 15.9 Å². The molecule has 0 aliphatic rings. The van der Waals surface area contributed by atoms with E-state index in [2.05, 4.69) is 5.10 Å². The summed E-state index contributed by atoms with van der Waals surface area (Å²) in [5.41, 5.74) is -0.518. The van der Waals surface area contributed by atoms with Crippen LogP contribution in [0.4, 0.5) is 27.6 Å². The first-order chi connectivity index (χ1) is 12.2. The lowest BCUT2D eigenvalue weighted by atomic mass is 10.1. The van der Waals surface area contributed by atoms with Gasteiger partial charge >= 0.3 is 6.18 Å². The molecular formula is C16H11F5N4O. The number of carbonyl (C=O) groups is 1.